The maximum Gasteiger partial charge on any atom is 0.244 e. The molecule has 0 saturated carbocycles. The number of nitrogens with one attached hydrogen (secondary N) is 2. The van der Waals surface area contributed by atoms with Crippen molar-refractivity contribution in [1.29, 1.82) is 0 Å². The number of rotatable bonds is 7. The lowest BCUT2D eigenvalue weighted by atomic mass is 10.0. The van der Waals surface area contributed by atoms with Gasteiger partial charge in [0.25, 0.3) is 0 Å². The summed E-state index contributed by atoms with van der Waals surface area (Å²) in [6.45, 7) is 11.3. The molecule has 0 bridgehead atoms. The van der Waals surface area contributed by atoms with E-state index in [0.717, 1.165) is 18.0 Å². The molecule has 0 saturated heterocycles. The van der Waals surface area contributed by atoms with E-state index in [9.17, 15) is 4.79 Å². The van der Waals surface area contributed by atoms with Crippen molar-refractivity contribution in [2.45, 2.75) is 40.2 Å². The van der Waals surface area contributed by atoms with Crippen LogP contribution in [-0.2, 0) is 4.79 Å². The maximum absolute atomic E-state index is 12.2. The van der Waals surface area contributed by atoms with Crippen molar-refractivity contribution in [3.63, 3.8) is 0 Å². The first-order valence-electron chi connectivity index (χ1n) is 7.14. The molecule has 0 heterocycles. The number of amides is 1. The molecule has 4 nitrogen and oxygen atoms in total. The van der Waals surface area contributed by atoms with E-state index in [1.807, 2.05) is 45.0 Å². The van der Waals surface area contributed by atoms with Crippen LogP contribution in [0, 0.1) is 5.92 Å². The van der Waals surface area contributed by atoms with E-state index in [4.69, 9.17) is 4.74 Å². The van der Waals surface area contributed by atoms with E-state index < -0.39 is 5.54 Å². The summed E-state index contributed by atoms with van der Waals surface area (Å²) in [6.07, 6.45) is 0. The highest BCUT2D eigenvalue weighted by atomic mass is 16.5. The second-order valence-electron chi connectivity index (χ2n) is 5.84. The molecule has 1 amide bonds. The molecule has 0 aliphatic heterocycles. The molecule has 0 aliphatic rings. The number of benzene rings is 1. The predicted molar refractivity (Wildman–Crippen MR) is 83.2 cm³/mol. The fraction of sp³-hybridized carbons (Fsp3) is 0.562. The number of hydrogen-bond donors (Lipinski definition) is 2. The average Bonchev–Trinajstić information content (AvgIpc) is 2.36. The molecule has 4 heteroatoms. The lowest BCUT2D eigenvalue weighted by Crippen LogP contribution is -2.49. The summed E-state index contributed by atoms with van der Waals surface area (Å²) in [7, 11) is 0. The molecule has 0 fully saturated rings. The number of carbonyl (C=O) groups excluding carboxylic acids is 1. The van der Waals surface area contributed by atoms with Gasteiger partial charge in [0.05, 0.1) is 12.1 Å². The van der Waals surface area contributed by atoms with Crippen LogP contribution in [0.1, 0.15) is 34.6 Å². The molecule has 2 N–H and O–H groups in total. The van der Waals surface area contributed by atoms with E-state index in [-0.39, 0.29) is 5.91 Å². The van der Waals surface area contributed by atoms with Crippen LogP contribution in [0.5, 0.6) is 5.75 Å². The molecule has 0 radical (unpaired) electrons. The minimum atomic E-state index is -0.594. The Morgan fingerprint density at radius 1 is 1.35 bits per heavy atom. The Bertz CT molecular complexity index is 442. The van der Waals surface area contributed by atoms with Gasteiger partial charge in [-0.15, -0.1) is 0 Å². The number of hydrogen-bond acceptors (Lipinski definition) is 3. The number of carbonyl (C=O) groups is 1. The summed E-state index contributed by atoms with van der Waals surface area (Å²) >= 11 is 0. The van der Waals surface area contributed by atoms with E-state index in [0.29, 0.717) is 12.5 Å². The van der Waals surface area contributed by atoms with Crippen molar-refractivity contribution >= 4 is 11.6 Å². The van der Waals surface area contributed by atoms with E-state index in [1.54, 1.807) is 0 Å². The zero-order valence-electron chi connectivity index (χ0n) is 13.1. The highest BCUT2D eigenvalue weighted by Gasteiger charge is 2.26. The first kappa shape index (κ1) is 16.5. The van der Waals surface area contributed by atoms with E-state index in [1.165, 1.54) is 0 Å². The second kappa shape index (κ2) is 7.29. The Balaban J connectivity index is 2.68. The third kappa shape index (κ3) is 5.21. The Kier molecular flexibility index (Phi) is 6.02. The third-order valence-corrected chi connectivity index (χ3v) is 2.86. The molecule has 0 atom stereocenters. The molecule has 112 valence electrons. The summed E-state index contributed by atoms with van der Waals surface area (Å²) in [5.41, 5.74) is 0.158. The van der Waals surface area contributed by atoms with E-state index in [2.05, 4.69) is 24.5 Å². The predicted octanol–water partition coefficient (Wildman–Crippen LogP) is 3.05. The van der Waals surface area contributed by atoms with Crippen molar-refractivity contribution in [2.24, 2.45) is 5.92 Å². The van der Waals surface area contributed by atoms with Gasteiger partial charge in [-0.1, -0.05) is 26.8 Å². The number of likely N-dealkylation sites (N-methyl/N-ethyl adjacent to an activating group) is 1. The Morgan fingerprint density at radius 3 is 2.65 bits per heavy atom. The summed E-state index contributed by atoms with van der Waals surface area (Å²) in [4.78, 5) is 12.2. The molecule has 0 unspecified atom stereocenters. The van der Waals surface area contributed by atoms with Crippen molar-refractivity contribution < 1.29 is 9.53 Å². The van der Waals surface area contributed by atoms with Gasteiger partial charge >= 0.3 is 0 Å². The molecular formula is C16H26N2O2. The molecule has 20 heavy (non-hydrogen) atoms. The molecule has 1 aromatic rings. The van der Waals surface area contributed by atoms with Crippen LogP contribution >= 0.6 is 0 Å². The molecule has 0 spiro atoms. The van der Waals surface area contributed by atoms with Crippen LogP contribution in [0.3, 0.4) is 0 Å². The molecular weight excluding hydrogens is 252 g/mol. The minimum absolute atomic E-state index is 0.0552. The minimum Gasteiger partial charge on any atom is -0.493 e. The first-order valence-corrected chi connectivity index (χ1v) is 7.14. The zero-order valence-corrected chi connectivity index (χ0v) is 13.1. The van der Waals surface area contributed by atoms with Crippen LogP contribution in [0.15, 0.2) is 24.3 Å². The van der Waals surface area contributed by atoms with Crippen molar-refractivity contribution in [3.8, 4) is 5.75 Å². The zero-order chi connectivity index (χ0) is 15.2. The quantitative estimate of drug-likeness (QED) is 0.806. The number of ether oxygens (including phenoxy) is 1. The third-order valence-electron chi connectivity index (χ3n) is 2.86. The lowest BCUT2D eigenvalue weighted by Gasteiger charge is -2.24. The largest absolute Gasteiger partial charge is 0.493 e. The van der Waals surface area contributed by atoms with Gasteiger partial charge < -0.3 is 15.4 Å². The lowest BCUT2D eigenvalue weighted by molar-refractivity contribution is -0.121. The normalized spacial score (nSPS) is 11.5. The van der Waals surface area contributed by atoms with Crippen LogP contribution in [0.4, 0.5) is 5.69 Å². The molecule has 0 aliphatic carbocycles. The monoisotopic (exact) mass is 278 g/mol. The van der Waals surface area contributed by atoms with E-state index >= 15 is 0 Å². The van der Waals surface area contributed by atoms with Gasteiger partial charge in [0.15, 0.2) is 0 Å². The van der Waals surface area contributed by atoms with Crippen LogP contribution in [0.2, 0.25) is 0 Å². The Hall–Kier alpha value is -1.55. The summed E-state index contributed by atoms with van der Waals surface area (Å²) in [5.74, 6) is 1.19. The first-order chi connectivity index (χ1) is 9.35. The second-order valence-corrected chi connectivity index (χ2v) is 5.84. The van der Waals surface area contributed by atoms with Gasteiger partial charge in [0.2, 0.25) is 5.91 Å². The highest BCUT2D eigenvalue weighted by molar-refractivity contribution is 5.97. The summed E-state index contributed by atoms with van der Waals surface area (Å²) in [5, 5.41) is 6.07. The smallest absolute Gasteiger partial charge is 0.244 e. The Morgan fingerprint density at radius 2 is 2.05 bits per heavy atom. The van der Waals surface area contributed by atoms with Crippen molar-refractivity contribution in [1.82, 2.24) is 5.32 Å². The fourth-order valence-corrected chi connectivity index (χ4v) is 1.74. The topological polar surface area (TPSA) is 50.4 Å². The molecule has 1 rings (SSSR count). The Labute approximate surface area is 121 Å². The SMILES string of the molecule is CCNC(C)(C)C(=O)Nc1cccc(OCC(C)C)c1. The van der Waals surface area contributed by atoms with Gasteiger partial charge in [-0.2, -0.15) is 0 Å². The van der Waals surface area contributed by atoms with Gasteiger partial charge in [0, 0.05) is 11.8 Å². The molecule has 0 aromatic heterocycles. The van der Waals surface area contributed by atoms with Gasteiger partial charge in [-0.25, -0.2) is 0 Å². The standard InChI is InChI=1S/C16H26N2O2/c1-6-17-16(4,5)15(19)18-13-8-7-9-14(10-13)20-11-12(2)3/h7-10,12,17H,6,11H2,1-5H3,(H,18,19). The van der Waals surface area contributed by atoms with Gasteiger partial charge in [-0.05, 0) is 38.4 Å². The summed E-state index contributed by atoms with van der Waals surface area (Å²) in [6, 6.07) is 7.49. The van der Waals surface area contributed by atoms with Crippen molar-refractivity contribution in [2.75, 3.05) is 18.5 Å². The van der Waals surface area contributed by atoms with Crippen LogP contribution in [-0.4, -0.2) is 24.6 Å². The van der Waals surface area contributed by atoms with Crippen LogP contribution in [0.25, 0.3) is 0 Å². The summed E-state index contributed by atoms with van der Waals surface area (Å²) < 4.78 is 5.66. The molecule has 1 aromatic carbocycles. The van der Waals surface area contributed by atoms with Gasteiger partial charge in [-0.3, -0.25) is 4.79 Å². The average molecular weight is 278 g/mol. The van der Waals surface area contributed by atoms with Crippen molar-refractivity contribution in [3.05, 3.63) is 24.3 Å². The maximum atomic E-state index is 12.2. The highest BCUT2D eigenvalue weighted by Crippen LogP contribution is 2.19. The van der Waals surface area contributed by atoms with Crippen LogP contribution < -0.4 is 15.4 Å². The fourth-order valence-electron chi connectivity index (χ4n) is 1.74. The number of anilines is 1. The van der Waals surface area contributed by atoms with Gasteiger partial charge in [0.1, 0.15) is 5.75 Å².